The summed E-state index contributed by atoms with van der Waals surface area (Å²) in [6.45, 7) is 0. The molecule has 1 aliphatic carbocycles. The number of benzene rings is 1. The minimum Gasteiger partial charge on any atom is -0.325 e. The van der Waals surface area contributed by atoms with Crippen molar-refractivity contribution < 1.29 is 4.79 Å². The van der Waals surface area contributed by atoms with Crippen LogP contribution >= 0.6 is 0 Å². The zero-order valence-electron chi connectivity index (χ0n) is 14.6. The van der Waals surface area contributed by atoms with Crippen molar-refractivity contribution in [2.24, 2.45) is 10.2 Å². The zero-order chi connectivity index (χ0) is 18.0. The smallest absolute Gasteiger partial charge is 0.224 e. The van der Waals surface area contributed by atoms with Gasteiger partial charge in [0.05, 0.1) is 11.4 Å². The molecule has 2 aliphatic rings. The highest BCUT2D eigenvalue weighted by molar-refractivity contribution is 5.95. The molecule has 0 spiro atoms. The molecule has 2 N–H and O–H groups in total. The average molecular weight is 347 g/mol. The van der Waals surface area contributed by atoms with Gasteiger partial charge in [0.2, 0.25) is 5.91 Å². The number of nitrogens with zero attached hydrogens (tertiary/aromatic N) is 3. The maximum atomic E-state index is 12.5. The SMILES string of the molecule is C#CCCC1(CCC(=O)Nc2ccccc2-c2n[nH]c3c2CCC3)N=N1. The predicted molar refractivity (Wildman–Crippen MR) is 99.6 cm³/mol. The number of nitrogens with one attached hydrogen (secondary N) is 2. The van der Waals surface area contributed by atoms with E-state index in [0.717, 1.165) is 36.2 Å². The van der Waals surface area contributed by atoms with Crippen LogP contribution in [0.4, 0.5) is 5.69 Å². The number of fused-ring (bicyclic) bond motifs is 1. The maximum Gasteiger partial charge on any atom is 0.224 e. The van der Waals surface area contributed by atoms with Gasteiger partial charge in [0.1, 0.15) is 0 Å². The lowest BCUT2D eigenvalue weighted by atomic mass is 10.0. The first-order valence-electron chi connectivity index (χ1n) is 9.04. The molecule has 132 valence electrons. The molecule has 1 aliphatic heterocycles. The van der Waals surface area contributed by atoms with Gasteiger partial charge < -0.3 is 5.32 Å². The number of hydrogen-bond donors (Lipinski definition) is 2. The molecule has 6 nitrogen and oxygen atoms in total. The van der Waals surface area contributed by atoms with Gasteiger partial charge in [-0.15, -0.1) is 12.3 Å². The summed E-state index contributed by atoms with van der Waals surface area (Å²) < 4.78 is 0. The van der Waals surface area contributed by atoms with Crippen LogP contribution in [0.25, 0.3) is 11.3 Å². The first kappa shape index (κ1) is 16.5. The summed E-state index contributed by atoms with van der Waals surface area (Å²) in [6, 6.07) is 7.82. The first-order chi connectivity index (χ1) is 12.7. The molecule has 0 saturated carbocycles. The average Bonchev–Trinajstić information content (AvgIpc) is 3.07. The molecule has 0 unspecified atom stereocenters. The fourth-order valence-corrected chi connectivity index (χ4v) is 3.54. The second kappa shape index (κ2) is 6.75. The third-order valence-corrected chi connectivity index (χ3v) is 5.07. The number of H-pyrrole nitrogens is 1. The topological polar surface area (TPSA) is 82.5 Å². The Labute approximate surface area is 152 Å². The van der Waals surface area contributed by atoms with Crippen molar-refractivity contribution in [2.75, 3.05) is 5.32 Å². The Balaban J connectivity index is 1.44. The third-order valence-electron chi connectivity index (χ3n) is 5.07. The van der Waals surface area contributed by atoms with E-state index in [-0.39, 0.29) is 5.91 Å². The Hall–Kier alpha value is -2.94. The summed E-state index contributed by atoms with van der Waals surface area (Å²) in [4.78, 5) is 12.5. The molecule has 4 rings (SSSR count). The number of terminal acetylenes is 1. The van der Waals surface area contributed by atoms with Gasteiger partial charge in [0.15, 0.2) is 5.66 Å². The number of hydrogen-bond acceptors (Lipinski definition) is 4. The Bertz CT molecular complexity index is 899. The van der Waals surface area contributed by atoms with Crippen molar-refractivity contribution in [3.63, 3.8) is 0 Å². The van der Waals surface area contributed by atoms with Crippen LogP contribution < -0.4 is 5.32 Å². The molecule has 0 atom stereocenters. The van der Waals surface area contributed by atoms with Crippen LogP contribution in [0.15, 0.2) is 34.5 Å². The molecule has 1 amide bonds. The van der Waals surface area contributed by atoms with Gasteiger partial charge in [0.25, 0.3) is 0 Å². The molecule has 2 aromatic rings. The molecule has 26 heavy (non-hydrogen) atoms. The Morgan fingerprint density at radius 3 is 2.92 bits per heavy atom. The number of para-hydroxylation sites is 1. The molecular formula is C20H21N5O. The second-order valence-electron chi connectivity index (χ2n) is 6.86. The van der Waals surface area contributed by atoms with Gasteiger partial charge in [-0.3, -0.25) is 9.89 Å². The summed E-state index contributed by atoms with van der Waals surface area (Å²) in [5, 5.41) is 18.8. The normalized spacial score (nSPS) is 16.1. The monoisotopic (exact) mass is 347 g/mol. The van der Waals surface area contributed by atoms with E-state index < -0.39 is 5.66 Å². The summed E-state index contributed by atoms with van der Waals surface area (Å²) in [6.07, 6.45) is 10.8. The van der Waals surface area contributed by atoms with Gasteiger partial charge in [-0.25, -0.2) is 0 Å². The highest BCUT2D eigenvalue weighted by Gasteiger charge is 2.39. The number of anilines is 1. The van der Waals surface area contributed by atoms with Crippen LogP contribution in [0.1, 0.15) is 43.4 Å². The van der Waals surface area contributed by atoms with Gasteiger partial charge >= 0.3 is 0 Å². The molecule has 0 saturated heterocycles. The number of aryl methyl sites for hydroxylation is 1. The number of carbonyl (C=O) groups excluding carboxylic acids is 1. The van der Waals surface area contributed by atoms with Gasteiger partial charge in [-0.1, -0.05) is 18.2 Å². The molecule has 1 aromatic heterocycles. The van der Waals surface area contributed by atoms with Crippen molar-refractivity contribution in [3.8, 4) is 23.6 Å². The van der Waals surface area contributed by atoms with Crippen LogP contribution in [0.3, 0.4) is 0 Å². The van der Waals surface area contributed by atoms with E-state index in [4.69, 9.17) is 6.42 Å². The van der Waals surface area contributed by atoms with E-state index in [2.05, 4.69) is 31.7 Å². The van der Waals surface area contributed by atoms with Crippen LogP contribution in [-0.2, 0) is 17.6 Å². The highest BCUT2D eigenvalue weighted by Crippen LogP contribution is 2.38. The van der Waals surface area contributed by atoms with E-state index in [1.54, 1.807) is 0 Å². The molecule has 0 bridgehead atoms. The summed E-state index contributed by atoms with van der Waals surface area (Å²) >= 11 is 0. The zero-order valence-corrected chi connectivity index (χ0v) is 14.6. The van der Waals surface area contributed by atoms with E-state index in [9.17, 15) is 4.79 Å². The van der Waals surface area contributed by atoms with Crippen molar-refractivity contribution in [2.45, 2.75) is 50.6 Å². The minimum atomic E-state index is -0.424. The number of aromatic amines is 1. The van der Waals surface area contributed by atoms with Crippen LogP contribution in [-0.4, -0.2) is 21.8 Å². The fraction of sp³-hybridized carbons (Fsp3) is 0.400. The standard InChI is InChI=1S/C20H21N5O/c1-2-3-12-20(24-25-20)13-11-18(26)21-16-9-5-4-7-14(16)19-15-8-6-10-17(15)22-23-19/h1,4-5,7,9H,3,6,8,10-13H2,(H,21,26)(H,22,23). The Morgan fingerprint density at radius 2 is 2.12 bits per heavy atom. The third kappa shape index (κ3) is 3.25. The van der Waals surface area contributed by atoms with Gasteiger partial charge in [0, 0.05) is 42.5 Å². The Morgan fingerprint density at radius 1 is 1.27 bits per heavy atom. The number of aromatic nitrogens is 2. The van der Waals surface area contributed by atoms with Crippen LogP contribution in [0.2, 0.25) is 0 Å². The van der Waals surface area contributed by atoms with E-state index in [0.29, 0.717) is 25.7 Å². The van der Waals surface area contributed by atoms with Crippen LogP contribution in [0.5, 0.6) is 0 Å². The highest BCUT2D eigenvalue weighted by atomic mass is 16.1. The minimum absolute atomic E-state index is 0.0398. The summed E-state index contributed by atoms with van der Waals surface area (Å²) in [7, 11) is 0. The largest absolute Gasteiger partial charge is 0.325 e. The number of carbonyl (C=O) groups is 1. The van der Waals surface area contributed by atoms with Crippen molar-refractivity contribution in [3.05, 3.63) is 35.5 Å². The van der Waals surface area contributed by atoms with Crippen molar-refractivity contribution in [1.29, 1.82) is 0 Å². The molecule has 6 heteroatoms. The van der Waals surface area contributed by atoms with Crippen molar-refractivity contribution in [1.82, 2.24) is 10.2 Å². The van der Waals surface area contributed by atoms with Gasteiger partial charge in [-0.05, 0) is 25.3 Å². The van der Waals surface area contributed by atoms with E-state index in [1.807, 2.05) is 24.3 Å². The lowest BCUT2D eigenvalue weighted by Crippen LogP contribution is -2.18. The summed E-state index contributed by atoms with van der Waals surface area (Å²) in [5.41, 5.74) is 4.77. The fourth-order valence-electron chi connectivity index (χ4n) is 3.54. The Kier molecular flexibility index (Phi) is 4.29. The lowest BCUT2D eigenvalue weighted by Gasteiger charge is -2.12. The first-order valence-corrected chi connectivity index (χ1v) is 9.04. The molecule has 1 aromatic carbocycles. The quantitative estimate of drug-likeness (QED) is 0.746. The number of amides is 1. The summed E-state index contributed by atoms with van der Waals surface area (Å²) in [5.74, 6) is 2.56. The van der Waals surface area contributed by atoms with Crippen LogP contribution in [0, 0.1) is 12.3 Å². The molecule has 0 fully saturated rings. The number of rotatable bonds is 7. The molecule has 0 radical (unpaired) electrons. The molecule has 2 heterocycles. The predicted octanol–water partition coefficient (Wildman–Crippen LogP) is 3.86. The van der Waals surface area contributed by atoms with Gasteiger partial charge in [-0.2, -0.15) is 15.3 Å². The lowest BCUT2D eigenvalue weighted by molar-refractivity contribution is -0.116. The van der Waals surface area contributed by atoms with E-state index >= 15 is 0 Å². The molecular weight excluding hydrogens is 326 g/mol. The second-order valence-corrected chi connectivity index (χ2v) is 6.86. The van der Waals surface area contributed by atoms with E-state index in [1.165, 1.54) is 11.3 Å². The van der Waals surface area contributed by atoms with Crippen molar-refractivity contribution >= 4 is 11.6 Å². The maximum absolute atomic E-state index is 12.5.